The van der Waals surface area contributed by atoms with E-state index in [4.69, 9.17) is 4.74 Å². The molecule has 0 aliphatic carbocycles. The lowest BCUT2D eigenvalue weighted by molar-refractivity contribution is 0.101. The summed E-state index contributed by atoms with van der Waals surface area (Å²) in [4.78, 5) is 13.9. The van der Waals surface area contributed by atoms with Crippen LogP contribution < -0.4 is 4.74 Å². The van der Waals surface area contributed by atoms with Crippen molar-refractivity contribution in [1.29, 1.82) is 0 Å². The number of rotatable bonds is 6. The van der Waals surface area contributed by atoms with Gasteiger partial charge in [-0.2, -0.15) is 0 Å². The van der Waals surface area contributed by atoms with Crippen LogP contribution in [0.5, 0.6) is 5.75 Å². The summed E-state index contributed by atoms with van der Waals surface area (Å²) in [6.45, 7) is 10.2. The number of nitrogens with zero attached hydrogens (tertiary/aromatic N) is 1. The predicted molar refractivity (Wildman–Crippen MR) is 105 cm³/mol. The number of hydrogen-bond acceptors (Lipinski definition) is 3. The first-order chi connectivity index (χ1) is 12.5. The highest BCUT2D eigenvalue weighted by Crippen LogP contribution is 2.22. The van der Waals surface area contributed by atoms with Gasteiger partial charge in [0.15, 0.2) is 5.78 Å². The van der Waals surface area contributed by atoms with Crippen LogP contribution in [-0.2, 0) is 13.2 Å². The average Bonchev–Trinajstić information content (AvgIpc) is 2.60. The SMILES string of the molecule is CC(=O)c1ccc(OCc2ccc(CN3C[C@H](C)C[C@H](C)C3)cc2)cc1. The first-order valence-electron chi connectivity index (χ1n) is 9.53. The van der Waals surface area contributed by atoms with E-state index >= 15 is 0 Å². The van der Waals surface area contributed by atoms with Gasteiger partial charge in [0.05, 0.1) is 0 Å². The van der Waals surface area contributed by atoms with Crippen LogP contribution in [0.2, 0.25) is 0 Å². The van der Waals surface area contributed by atoms with Crippen molar-refractivity contribution in [3.63, 3.8) is 0 Å². The Balaban J connectivity index is 1.52. The Kier molecular flexibility index (Phi) is 6.10. The van der Waals surface area contributed by atoms with E-state index in [9.17, 15) is 4.79 Å². The summed E-state index contributed by atoms with van der Waals surface area (Å²) in [6.07, 6.45) is 1.35. The maximum absolute atomic E-state index is 11.3. The Bertz CT molecular complexity index is 711. The van der Waals surface area contributed by atoms with Gasteiger partial charge >= 0.3 is 0 Å². The molecule has 2 aromatic rings. The fraction of sp³-hybridized carbons (Fsp3) is 0.435. The van der Waals surface area contributed by atoms with Crippen LogP contribution in [0.4, 0.5) is 0 Å². The average molecular weight is 351 g/mol. The molecule has 0 amide bonds. The fourth-order valence-electron chi connectivity index (χ4n) is 3.87. The standard InChI is InChI=1S/C23H29NO2/c1-17-12-18(2)14-24(13-17)15-20-4-6-21(7-5-20)16-26-23-10-8-22(9-11-23)19(3)25/h4-11,17-18H,12-16H2,1-3H3/t17-,18+. The maximum atomic E-state index is 11.3. The molecule has 3 heteroatoms. The molecule has 3 nitrogen and oxygen atoms in total. The van der Waals surface area contributed by atoms with Gasteiger partial charge in [-0.3, -0.25) is 9.69 Å². The summed E-state index contributed by atoms with van der Waals surface area (Å²) in [5, 5.41) is 0. The lowest BCUT2D eigenvalue weighted by atomic mass is 9.91. The Labute approximate surface area is 157 Å². The molecule has 2 atom stereocenters. The zero-order valence-electron chi connectivity index (χ0n) is 16.1. The summed E-state index contributed by atoms with van der Waals surface area (Å²) in [5.74, 6) is 2.45. The first kappa shape index (κ1) is 18.7. The molecule has 1 aliphatic heterocycles. The summed E-state index contributed by atoms with van der Waals surface area (Å²) in [7, 11) is 0. The quantitative estimate of drug-likeness (QED) is 0.690. The monoisotopic (exact) mass is 351 g/mol. The van der Waals surface area contributed by atoms with E-state index < -0.39 is 0 Å². The highest BCUT2D eigenvalue weighted by molar-refractivity contribution is 5.94. The van der Waals surface area contributed by atoms with Crippen molar-refractivity contribution in [1.82, 2.24) is 4.90 Å². The normalized spacial score (nSPS) is 20.7. The van der Waals surface area contributed by atoms with Gasteiger partial charge < -0.3 is 4.74 Å². The zero-order valence-corrected chi connectivity index (χ0v) is 16.1. The van der Waals surface area contributed by atoms with E-state index in [0.29, 0.717) is 12.2 Å². The fourth-order valence-corrected chi connectivity index (χ4v) is 3.87. The molecule has 1 heterocycles. The Morgan fingerprint density at radius 3 is 2.12 bits per heavy atom. The summed E-state index contributed by atoms with van der Waals surface area (Å²) < 4.78 is 5.82. The molecule has 0 unspecified atom stereocenters. The number of Topliss-reactive ketones (excluding diaryl/α,β-unsaturated/α-hetero) is 1. The van der Waals surface area contributed by atoms with Crippen molar-refractivity contribution in [2.75, 3.05) is 13.1 Å². The third kappa shape index (κ3) is 5.18. The van der Waals surface area contributed by atoms with Crippen LogP contribution in [0.25, 0.3) is 0 Å². The number of ketones is 1. The molecule has 2 aromatic carbocycles. The molecule has 1 saturated heterocycles. The summed E-state index contributed by atoms with van der Waals surface area (Å²) in [5.41, 5.74) is 3.23. The molecule has 3 rings (SSSR count). The van der Waals surface area contributed by atoms with Crippen molar-refractivity contribution in [2.24, 2.45) is 11.8 Å². The van der Waals surface area contributed by atoms with Crippen LogP contribution >= 0.6 is 0 Å². The van der Waals surface area contributed by atoms with Crippen molar-refractivity contribution >= 4 is 5.78 Å². The van der Waals surface area contributed by atoms with E-state index in [1.807, 2.05) is 12.1 Å². The van der Waals surface area contributed by atoms with Gasteiger partial charge in [-0.1, -0.05) is 38.1 Å². The molecule has 1 aliphatic rings. The van der Waals surface area contributed by atoms with E-state index in [-0.39, 0.29) is 5.78 Å². The number of carbonyl (C=O) groups excluding carboxylic acids is 1. The molecule has 0 radical (unpaired) electrons. The molecule has 0 spiro atoms. The van der Waals surface area contributed by atoms with Crippen LogP contribution in [0, 0.1) is 11.8 Å². The second-order valence-electron chi connectivity index (χ2n) is 7.83. The topological polar surface area (TPSA) is 29.5 Å². The van der Waals surface area contributed by atoms with Crippen LogP contribution in [0.15, 0.2) is 48.5 Å². The number of benzene rings is 2. The van der Waals surface area contributed by atoms with Gasteiger partial charge in [-0.15, -0.1) is 0 Å². The number of likely N-dealkylation sites (tertiary alicyclic amines) is 1. The molecule has 138 valence electrons. The van der Waals surface area contributed by atoms with Crippen LogP contribution in [-0.4, -0.2) is 23.8 Å². The third-order valence-corrected chi connectivity index (χ3v) is 5.04. The van der Waals surface area contributed by atoms with Crippen LogP contribution in [0.3, 0.4) is 0 Å². The van der Waals surface area contributed by atoms with Crippen molar-refractivity contribution in [3.8, 4) is 5.75 Å². The molecule has 1 fully saturated rings. The highest BCUT2D eigenvalue weighted by atomic mass is 16.5. The Morgan fingerprint density at radius 2 is 1.54 bits per heavy atom. The minimum Gasteiger partial charge on any atom is -0.489 e. The third-order valence-electron chi connectivity index (χ3n) is 5.04. The van der Waals surface area contributed by atoms with Gasteiger partial charge in [0.25, 0.3) is 0 Å². The maximum Gasteiger partial charge on any atom is 0.159 e. The first-order valence-corrected chi connectivity index (χ1v) is 9.53. The summed E-state index contributed by atoms with van der Waals surface area (Å²) >= 11 is 0. The Hall–Kier alpha value is -2.13. The molecule has 0 bridgehead atoms. The molecule has 26 heavy (non-hydrogen) atoms. The minimum absolute atomic E-state index is 0.0737. The lowest BCUT2D eigenvalue weighted by Gasteiger charge is -2.35. The molecule has 0 saturated carbocycles. The van der Waals surface area contributed by atoms with Crippen molar-refractivity contribution in [3.05, 3.63) is 65.2 Å². The Morgan fingerprint density at radius 1 is 0.962 bits per heavy atom. The smallest absolute Gasteiger partial charge is 0.159 e. The highest BCUT2D eigenvalue weighted by Gasteiger charge is 2.21. The second kappa shape index (κ2) is 8.50. The van der Waals surface area contributed by atoms with Crippen molar-refractivity contribution in [2.45, 2.75) is 40.3 Å². The van der Waals surface area contributed by atoms with Gasteiger partial charge in [0, 0.05) is 25.2 Å². The van der Waals surface area contributed by atoms with Gasteiger partial charge in [0.1, 0.15) is 12.4 Å². The molecular formula is C23H29NO2. The lowest BCUT2D eigenvalue weighted by Crippen LogP contribution is -2.38. The van der Waals surface area contributed by atoms with E-state index in [1.54, 1.807) is 19.1 Å². The van der Waals surface area contributed by atoms with E-state index in [2.05, 4.69) is 43.0 Å². The van der Waals surface area contributed by atoms with Gasteiger partial charge in [0.2, 0.25) is 0 Å². The molecule has 0 aromatic heterocycles. The predicted octanol–water partition coefficient (Wildman–Crippen LogP) is 4.95. The van der Waals surface area contributed by atoms with E-state index in [0.717, 1.165) is 29.7 Å². The number of carbonyl (C=O) groups is 1. The molecular weight excluding hydrogens is 322 g/mol. The van der Waals surface area contributed by atoms with Gasteiger partial charge in [-0.05, 0) is 60.6 Å². The van der Waals surface area contributed by atoms with Crippen molar-refractivity contribution < 1.29 is 9.53 Å². The second-order valence-corrected chi connectivity index (χ2v) is 7.83. The van der Waals surface area contributed by atoms with Crippen LogP contribution in [0.1, 0.15) is 48.7 Å². The molecule has 0 N–H and O–H groups in total. The number of ether oxygens (including phenoxy) is 1. The summed E-state index contributed by atoms with van der Waals surface area (Å²) in [6, 6.07) is 16.0. The van der Waals surface area contributed by atoms with Gasteiger partial charge in [-0.25, -0.2) is 0 Å². The van der Waals surface area contributed by atoms with E-state index in [1.165, 1.54) is 25.1 Å². The largest absolute Gasteiger partial charge is 0.489 e. The number of piperidine rings is 1. The zero-order chi connectivity index (χ0) is 18.5. The minimum atomic E-state index is 0.0737. The number of hydrogen-bond donors (Lipinski definition) is 0.